The van der Waals surface area contributed by atoms with Crippen molar-refractivity contribution in [1.82, 2.24) is 0 Å². The molecule has 4 rings (SSSR count). The highest BCUT2D eigenvalue weighted by molar-refractivity contribution is 6.10. The van der Waals surface area contributed by atoms with E-state index in [-0.39, 0.29) is 11.8 Å². The fourth-order valence-corrected chi connectivity index (χ4v) is 3.75. The average Bonchev–Trinajstić information content (AvgIpc) is 3.11. The van der Waals surface area contributed by atoms with E-state index in [2.05, 4.69) is 17.4 Å². The number of rotatable bonds is 3. The fraction of sp³-hybridized carbons (Fsp3) is 0.167. The maximum Gasteiger partial charge on any atom is 0.258 e. The largest absolute Gasteiger partial charge is 0.322 e. The Hall–Kier alpha value is -3.40. The molecule has 0 bridgehead atoms. The Kier molecular flexibility index (Phi) is 4.70. The number of aryl methyl sites for hydroxylation is 2. The molecule has 2 amide bonds. The minimum atomic E-state index is -0.221. The van der Waals surface area contributed by atoms with E-state index in [1.165, 1.54) is 5.56 Å². The van der Waals surface area contributed by atoms with Gasteiger partial charge in [0.2, 0.25) is 0 Å². The molecular weight excluding hydrogens is 348 g/mol. The summed E-state index contributed by atoms with van der Waals surface area (Å²) in [4.78, 5) is 27.5. The van der Waals surface area contributed by atoms with Gasteiger partial charge in [-0.05, 0) is 73.4 Å². The molecule has 0 aromatic heterocycles. The van der Waals surface area contributed by atoms with Crippen LogP contribution in [0.2, 0.25) is 0 Å². The summed E-state index contributed by atoms with van der Waals surface area (Å²) in [7, 11) is 0. The molecule has 1 N–H and O–H groups in total. The predicted octanol–water partition coefficient (Wildman–Crippen LogP) is 4.76. The molecule has 4 nitrogen and oxygen atoms in total. The number of carbonyl (C=O) groups is 2. The lowest BCUT2D eigenvalue weighted by Gasteiger charge is -2.17. The maximum atomic E-state index is 13.0. The Morgan fingerprint density at radius 1 is 0.857 bits per heavy atom. The summed E-state index contributed by atoms with van der Waals surface area (Å²) in [6.45, 7) is 4.66. The van der Waals surface area contributed by atoms with Gasteiger partial charge >= 0.3 is 0 Å². The van der Waals surface area contributed by atoms with Crippen LogP contribution in [-0.4, -0.2) is 18.4 Å². The Labute approximate surface area is 164 Å². The third kappa shape index (κ3) is 3.54. The van der Waals surface area contributed by atoms with Gasteiger partial charge in [0.1, 0.15) is 0 Å². The van der Waals surface area contributed by atoms with E-state index < -0.39 is 0 Å². The second kappa shape index (κ2) is 7.31. The zero-order valence-corrected chi connectivity index (χ0v) is 16.0. The molecule has 0 unspecified atom stereocenters. The number of nitrogens with zero attached hydrogens (tertiary/aromatic N) is 1. The summed E-state index contributed by atoms with van der Waals surface area (Å²) >= 11 is 0. The van der Waals surface area contributed by atoms with E-state index >= 15 is 0 Å². The number of hydrogen-bond acceptors (Lipinski definition) is 2. The van der Waals surface area contributed by atoms with Crippen LogP contribution in [0.4, 0.5) is 11.4 Å². The van der Waals surface area contributed by atoms with Crippen LogP contribution in [0.3, 0.4) is 0 Å². The van der Waals surface area contributed by atoms with Crippen LogP contribution < -0.4 is 10.2 Å². The van der Waals surface area contributed by atoms with Crippen molar-refractivity contribution in [2.24, 2.45) is 0 Å². The standard InChI is InChI=1S/C24H22N2O2/c1-16-12-17(2)14-21(13-16)25-23(27)19-7-5-8-20(15-19)24(28)26-11-10-18-6-3-4-9-22(18)26/h3-9,12-15H,10-11H2,1-2H3,(H,25,27). The summed E-state index contributed by atoms with van der Waals surface area (Å²) in [5, 5.41) is 2.93. The highest BCUT2D eigenvalue weighted by Crippen LogP contribution is 2.29. The highest BCUT2D eigenvalue weighted by Gasteiger charge is 2.25. The zero-order chi connectivity index (χ0) is 19.7. The van der Waals surface area contributed by atoms with Crippen LogP contribution in [0.25, 0.3) is 0 Å². The van der Waals surface area contributed by atoms with E-state index in [9.17, 15) is 9.59 Å². The van der Waals surface area contributed by atoms with Crippen molar-refractivity contribution in [3.05, 3.63) is 94.5 Å². The molecule has 0 radical (unpaired) electrons. The third-order valence-electron chi connectivity index (χ3n) is 4.98. The van der Waals surface area contributed by atoms with Crippen molar-refractivity contribution >= 4 is 23.2 Å². The number of fused-ring (bicyclic) bond motifs is 1. The molecule has 3 aromatic carbocycles. The van der Waals surface area contributed by atoms with Crippen molar-refractivity contribution < 1.29 is 9.59 Å². The number of para-hydroxylation sites is 1. The van der Waals surface area contributed by atoms with Crippen LogP contribution in [-0.2, 0) is 6.42 Å². The first-order valence-electron chi connectivity index (χ1n) is 9.41. The molecule has 0 spiro atoms. The Morgan fingerprint density at radius 3 is 2.36 bits per heavy atom. The van der Waals surface area contributed by atoms with Gasteiger partial charge in [-0.1, -0.05) is 30.3 Å². The van der Waals surface area contributed by atoms with Gasteiger partial charge in [-0.15, -0.1) is 0 Å². The van der Waals surface area contributed by atoms with Crippen molar-refractivity contribution in [1.29, 1.82) is 0 Å². The summed E-state index contributed by atoms with van der Waals surface area (Å²) in [6, 6.07) is 20.8. The Bertz CT molecular complexity index is 1050. The van der Waals surface area contributed by atoms with Gasteiger partial charge in [0.05, 0.1) is 0 Å². The summed E-state index contributed by atoms with van der Waals surface area (Å²) in [6.07, 6.45) is 0.856. The molecule has 4 heteroatoms. The minimum Gasteiger partial charge on any atom is -0.322 e. The smallest absolute Gasteiger partial charge is 0.258 e. The van der Waals surface area contributed by atoms with E-state index in [4.69, 9.17) is 0 Å². The molecule has 3 aromatic rings. The van der Waals surface area contributed by atoms with Gasteiger partial charge in [0.25, 0.3) is 11.8 Å². The zero-order valence-electron chi connectivity index (χ0n) is 16.0. The topological polar surface area (TPSA) is 49.4 Å². The summed E-state index contributed by atoms with van der Waals surface area (Å²) in [5.74, 6) is -0.299. The Morgan fingerprint density at radius 2 is 1.57 bits per heavy atom. The minimum absolute atomic E-state index is 0.0778. The molecule has 140 valence electrons. The quantitative estimate of drug-likeness (QED) is 0.723. The van der Waals surface area contributed by atoms with E-state index in [0.29, 0.717) is 17.7 Å². The van der Waals surface area contributed by atoms with Gasteiger partial charge in [-0.2, -0.15) is 0 Å². The van der Waals surface area contributed by atoms with Crippen LogP contribution >= 0.6 is 0 Å². The molecule has 28 heavy (non-hydrogen) atoms. The van der Waals surface area contributed by atoms with Gasteiger partial charge in [0.15, 0.2) is 0 Å². The van der Waals surface area contributed by atoms with Crippen LogP contribution in [0.15, 0.2) is 66.7 Å². The Balaban J connectivity index is 1.56. The number of carbonyl (C=O) groups excluding carboxylic acids is 2. The number of anilines is 2. The van der Waals surface area contributed by atoms with Crippen LogP contribution in [0.1, 0.15) is 37.4 Å². The molecule has 0 saturated heterocycles. The third-order valence-corrected chi connectivity index (χ3v) is 4.98. The molecule has 1 aliphatic rings. The van der Waals surface area contributed by atoms with Crippen molar-refractivity contribution in [2.75, 3.05) is 16.8 Å². The average molecular weight is 370 g/mol. The lowest BCUT2D eigenvalue weighted by Crippen LogP contribution is -2.29. The predicted molar refractivity (Wildman–Crippen MR) is 112 cm³/mol. The molecule has 0 atom stereocenters. The van der Waals surface area contributed by atoms with Gasteiger partial charge < -0.3 is 10.2 Å². The van der Waals surface area contributed by atoms with Crippen molar-refractivity contribution in [3.63, 3.8) is 0 Å². The van der Waals surface area contributed by atoms with Gasteiger partial charge in [0, 0.05) is 29.0 Å². The lowest BCUT2D eigenvalue weighted by molar-refractivity contribution is 0.0989. The SMILES string of the molecule is Cc1cc(C)cc(NC(=O)c2cccc(C(=O)N3CCc4ccccc43)c2)c1. The summed E-state index contributed by atoms with van der Waals surface area (Å²) in [5.41, 5.74) is 6.06. The number of nitrogens with one attached hydrogen (secondary N) is 1. The van der Waals surface area contributed by atoms with E-state index in [1.54, 1.807) is 29.2 Å². The van der Waals surface area contributed by atoms with Crippen molar-refractivity contribution in [3.8, 4) is 0 Å². The second-order valence-electron chi connectivity index (χ2n) is 7.25. The monoisotopic (exact) mass is 370 g/mol. The molecule has 0 fully saturated rings. The number of amides is 2. The molecular formula is C24H22N2O2. The van der Waals surface area contributed by atoms with E-state index in [1.807, 2.05) is 44.2 Å². The maximum absolute atomic E-state index is 13.0. The number of hydrogen-bond donors (Lipinski definition) is 1. The van der Waals surface area contributed by atoms with E-state index in [0.717, 1.165) is 28.9 Å². The van der Waals surface area contributed by atoms with Crippen molar-refractivity contribution in [2.45, 2.75) is 20.3 Å². The lowest BCUT2D eigenvalue weighted by atomic mass is 10.1. The second-order valence-corrected chi connectivity index (χ2v) is 7.25. The molecule has 1 aliphatic heterocycles. The van der Waals surface area contributed by atoms with Gasteiger partial charge in [-0.3, -0.25) is 9.59 Å². The van der Waals surface area contributed by atoms with Crippen LogP contribution in [0.5, 0.6) is 0 Å². The normalized spacial score (nSPS) is 12.6. The van der Waals surface area contributed by atoms with Gasteiger partial charge in [-0.25, -0.2) is 0 Å². The number of benzene rings is 3. The first-order chi connectivity index (χ1) is 13.5. The van der Waals surface area contributed by atoms with Crippen LogP contribution in [0, 0.1) is 13.8 Å². The highest BCUT2D eigenvalue weighted by atomic mass is 16.2. The summed E-state index contributed by atoms with van der Waals surface area (Å²) < 4.78 is 0. The first-order valence-corrected chi connectivity index (χ1v) is 9.41. The molecule has 0 aliphatic carbocycles. The first kappa shape index (κ1) is 18.0. The molecule has 1 heterocycles. The fourth-order valence-electron chi connectivity index (χ4n) is 3.75. The molecule has 0 saturated carbocycles.